The van der Waals surface area contributed by atoms with Crippen molar-refractivity contribution in [2.24, 2.45) is 11.3 Å². The summed E-state index contributed by atoms with van der Waals surface area (Å²) >= 11 is 0. The SMILES string of the molecule is CC(C)(C)[Si](C)(C)OC[C@]12C=CCC[C@H]1C[C@H](O)C2. The molecule has 1 N–H and O–H groups in total. The second-order valence-corrected chi connectivity index (χ2v) is 12.9. The lowest BCUT2D eigenvalue weighted by Crippen LogP contribution is -2.44. The lowest BCUT2D eigenvalue weighted by Gasteiger charge is -2.42. The van der Waals surface area contributed by atoms with Gasteiger partial charge in [-0.25, -0.2) is 0 Å². The number of allylic oxidation sites excluding steroid dienone is 1. The molecule has 0 amide bonds. The molecule has 0 radical (unpaired) electrons. The minimum Gasteiger partial charge on any atom is -0.416 e. The van der Waals surface area contributed by atoms with E-state index in [2.05, 4.69) is 46.0 Å². The first-order valence-electron chi connectivity index (χ1n) is 7.66. The van der Waals surface area contributed by atoms with Crippen LogP contribution in [0.4, 0.5) is 0 Å². The molecule has 0 spiro atoms. The average Bonchev–Trinajstić information content (AvgIpc) is 2.61. The minimum absolute atomic E-state index is 0.118. The second-order valence-electron chi connectivity index (χ2n) is 8.05. The quantitative estimate of drug-likeness (QED) is 0.623. The van der Waals surface area contributed by atoms with Crippen molar-refractivity contribution in [3.63, 3.8) is 0 Å². The summed E-state index contributed by atoms with van der Waals surface area (Å²) in [5, 5.41) is 10.3. The largest absolute Gasteiger partial charge is 0.416 e. The zero-order valence-corrected chi connectivity index (χ0v) is 14.2. The Labute approximate surface area is 119 Å². The molecule has 1 fully saturated rings. The summed E-state index contributed by atoms with van der Waals surface area (Å²) in [5.74, 6) is 0.622. The molecule has 0 unspecified atom stereocenters. The van der Waals surface area contributed by atoms with Gasteiger partial charge in [0.05, 0.1) is 6.10 Å². The van der Waals surface area contributed by atoms with Crippen molar-refractivity contribution in [3.8, 4) is 0 Å². The molecule has 0 saturated heterocycles. The van der Waals surface area contributed by atoms with Crippen LogP contribution in [-0.2, 0) is 4.43 Å². The fourth-order valence-corrected chi connectivity index (χ4v) is 4.30. The molecule has 2 aliphatic carbocycles. The van der Waals surface area contributed by atoms with Gasteiger partial charge >= 0.3 is 0 Å². The maximum absolute atomic E-state index is 10.0. The Morgan fingerprint density at radius 1 is 1.37 bits per heavy atom. The number of aliphatic hydroxyl groups excluding tert-OH is 1. The van der Waals surface area contributed by atoms with Gasteiger partial charge in [-0.1, -0.05) is 32.9 Å². The van der Waals surface area contributed by atoms with Gasteiger partial charge in [0.2, 0.25) is 0 Å². The molecular weight excluding hydrogens is 252 g/mol. The molecule has 3 atom stereocenters. The Bertz CT molecular complexity index is 356. The van der Waals surface area contributed by atoms with E-state index in [4.69, 9.17) is 4.43 Å². The van der Waals surface area contributed by atoms with E-state index < -0.39 is 8.32 Å². The van der Waals surface area contributed by atoms with Crippen molar-refractivity contribution in [3.05, 3.63) is 12.2 Å². The highest BCUT2D eigenvalue weighted by Crippen LogP contribution is 2.50. The number of aliphatic hydroxyl groups is 1. The van der Waals surface area contributed by atoms with Crippen LogP contribution in [0.25, 0.3) is 0 Å². The van der Waals surface area contributed by atoms with Crippen molar-refractivity contribution < 1.29 is 9.53 Å². The summed E-state index contributed by atoms with van der Waals surface area (Å²) in [6.07, 6.45) is 8.76. The molecule has 2 rings (SSSR count). The van der Waals surface area contributed by atoms with Gasteiger partial charge in [-0.3, -0.25) is 0 Å². The Balaban J connectivity index is 2.09. The average molecular weight is 282 g/mol. The fraction of sp³-hybridized carbons (Fsp3) is 0.875. The highest BCUT2D eigenvalue weighted by atomic mass is 28.4. The van der Waals surface area contributed by atoms with E-state index in [0.717, 1.165) is 19.4 Å². The summed E-state index contributed by atoms with van der Waals surface area (Å²) in [4.78, 5) is 0. The van der Waals surface area contributed by atoms with E-state index in [9.17, 15) is 5.11 Å². The predicted molar refractivity (Wildman–Crippen MR) is 82.7 cm³/mol. The van der Waals surface area contributed by atoms with E-state index in [1.807, 2.05) is 0 Å². The maximum atomic E-state index is 10.0. The molecule has 2 nitrogen and oxygen atoms in total. The highest BCUT2D eigenvalue weighted by molar-refractivity contribution is 6.74. The Kier molecular flexibility index (Phi) is 4.03. The molecule has 3 heteroatoms. The number of rotatable bonds is 3. The smallest absolute Gasteiger partial charge is 0.192 e. The molecule has 0 aliphatic heterocycles. The Morgan fingerprint density at radius 3 is 2.68 bits per heavy atom. The first-order chi connectivity index (χ1) is 8.66. The van der Waals surface area contributed by atoms with Gasteiger partial charge in [-0.15, -0.1) is 0 Å². The van der Waals surface area contributed by atoms with Crippen molar-refractivity contribution in [2.45, 2.75) is 70.7 Å². The second kappa shape index (κ2) is 5.01. The summed E-state index contributed by atoms with van der Waals surface area (Å²) < 4.78 is 6.46. The first kappa shape index (κ1) is 15.3. The highest BCUT2D eigenvalue weighted by Gasteiger charge is 2.48. The van der Waals surface area contributed by atoms with Crippen molar-refractivity contribution in [1.29, 1.82) is 0 Å². The third-order valence-corrected chi connectivity index (χ3v) is 10.1. The van der Waals surface area contributed by atoms with Crippen LogP contribution in [0.3, 0.4) is 0 Å². The Morgan fingerprint density at radius 2 is 2.05 bits per heavy atom. The first-order valence-corrected chi connectivity index (χ1v) is 10.6. The summed E-state index contributed by atoms with van der Waals surface area (Å²) in [5.41, 5.74) is 0.118. The van der Waals surface area contributed by atoms with Gasteiger partial charge in [-0.2, -0.15) is 0 Å². The van der Waals surface area contributed by atoms with Gasteiger partial charge in [-0.05, 0) is 49.7 Å². The molecular formula is C16H30O2Si. The monoisotopic (exact) mass is 282 g/mol. The van der Waals surface area contributed by atoms with Crippen molar-refractivity contribution in [1.82, 2.24) is 0 Å². The fourth-order valence-electron chi connectivity index (χ4n) is 3.23. The van der Waals surface area contributed by atoms with Crippen molar-refractivity contribution >= 4 is 8.32 Å². The molecule has 0 aromatic carbocycles. The van der Waals surface area contributed by atoms with Gasteiger partial charge < -0.3 is 9.53 Å². The lowest BCUT2D eigenvalue weighted by molar-refractivity contribution is 0.115. The van der Waals surface area contributed by atoms with E-state index in [1.165, 1.54) is 12.8 Å². The molecule has 19 heavy (non-hydrogen) atoms. The zero-order chi connectivity index (χ0) is 14.3. The zero-order valence-electron chi connectivity index (χ0n) is 13.2. The van der Waals surface area contributed by atoms with Crippen molar-refractivity contribution in [2.75, 3.05) is 6.61 Å². The van der Waals surface area contributed by atoms with Crippen LogP contribution in [-0.4, -0.2) is 26.1 Å². The van der Waals surface area contributed by atoms with Gasteiger partial charge in [0.15, 0.2) is 8.32 Å². The van der Waals surface area contributed by atoms with Crippen LogP contribution in [0, 0.1) is 11.3 Å². The summed E-state index contributed by atoms with van der Waals surface area (Å²) in [6, 6.07) is 0. The van der Waals surface area contributed by atoms with Crippen LogP contribution >= 0.6 is 0 Å². The minimum atomic E-state index is -1.69. The van der Waals surface area contributed by atoms with E-state index in [-0.39, 0.29) is 16.6 Å². The normalized spacial score (nSPS) is 35.5. The lowest BCUT2D eigenvalue weighted by atomic mass is 9.73. The summed E-state index contributed by atoms with van der Waals surface area (Å²) in [7, 11) is -1.69. The van der Waals surface area contributed by atoms with E-state index >= 15 is 0 Å². The number of hydrogen-bond donors (Lipinski definition) is 1. The van der Waals surface area contributed by atoms with Crippen LogP contribution in [0.15, 0.2) is 12.2 Å². The number of fused-ring (bicyclic) bond motifs is 1. The number of hydrogen-bond acceptors (Lipinski definition) is 2. The van der Waals surface area contributed by atoms with Gasteiger partial charge in [0, 0.05) is 12.0 Å². The van der Waals surface area contributed by atoms with E-state index in [0.29, 0.717) is 5.92 Å². The molecule has 0 bridgehead atoms. The third kappa shape index (κ3) is 2.98. The van der Waals surface area contributed by atoms with Crippen LogP contribution in [0.1, 0.15) is 46.5 Å². The maximum Gasteiger partial charge on any atom is 0.192 e. The molecule has 0 aromatic heterocycles. The van der Waals surface area contributed by atoms with Gasteiger partial charge in [0.25, 0.3) is 0 Å². The van der Waals surface area contributed by atoms with Gasteiger partial charge in [0.1, 0.15) is 0 Å². The Hall–Kier alpha value is -0.123. The van der Waals surface area contributed by atoms with Crippen LogP contribution < -0.4 is 0 Å². The van der Waals surface area contributed by atoms with Crippen LogP contribution in [0.2, 0.25) is 18.1 Å². The molecule has 1 saturated carbocycles. The van der Waals surface area contributed by atoms with Crippen LogP contribution in [0.5, 0.6) is 0 Å². The molecule has 0 heterocycles. The predicted octanol–water partition coefficient (Wildman–Crippen LogP) is 4.12. The topological polar surface area (TPSA) is 29.5 Å². The molecule has 2 aliphatic rings. The van der Waals surface area contributed by atoms with E-state index in [1.54, 1.807) is 0 Å². The molecule has 110 valence electrons. The molecule has 0 aromatic rings. The third-order valence-electron chi connectivity index (χ3n) is 5.62. The standard InChI is InChI=1S/C16H30O2Si/c1-15(2,3)19(4,5)18-12-16-9-7-6-8-13(16)10-14(17)11-16/h7,9,13-14,17H,6,8,10-12H2,1-5H3/t13-,14-,16+/m0/s1. The summed E-state index contributed by atoms with van der Waals surface area (Å²) in [6.45, 7) is 12.3.